The molecule has 4 nitrogen and oxygen atoms in total. The number of benzene rings is 1. The minimum absolute atomic E-state index is 0.228. The third-order valence-electron chi connectivity index (χ3n) is 4.70. The van der Waals surface area contributed by atoms with E-state index < -0.39 is 10.0 Å². The van der Waals surface area contributed by atoms with Crippen molar-refractivity contribution in [2.75, 3.05) is 0 Å². The van der Waals surface area contributed by atoms with Crippen molar-refractivity contribution >= 4 is 16.1 Å². The zero-order valence-electron chi connectivity index (χ0n) is 14.3. The fraction of sp³-hybridized carbons (Fsp3) is 0.250. The summed E-state index contributed by atoms with van der Waals surface area (Å²) in [7, 11) is -3.64. The van der Waals surface area contributed by atoms with Crippen LogP contribution in [0.1, 0.15) is 35.6 Å². The van der Waals surface area contributed by atoms with Gasteiger partial charge in [0.25, 0.3) is 0 Å². The second kappa shape index (κ2) is 6.94. The predicted molar refractivity (Wildman–Crippen MR) is 100 cm³/mol. The first-order chi connectivity index (χ1) is 12.0. The Balaban J connectivity index is 2.10. The first-order valence-corrected chi connectivity index (χ1v) is 9.72. The molecule has 1 aromatic carbocycles. The van der Waals surface area contributed by atoms with Crippen LogP contribution in [0.3, 0.4) is 0 Å². The number of aryl methyl sites for hydroxylation is 1. The molecule has 1 saturated heterocycles. The van der Waals surface area contributed by atoms with Gasteiger partial charge >= 0.3 is 0 Å². The van der Waals surface area contributed by atoms with Crippen molar-refractivity contribution in [3.8, 4) is 0 Å². The van der Waals surface area contributed by atoms with Gasteiger partial charge in [0.15, 0.2) is 0 Å². The Labute approximate surface area is 149 Å². The van der Waals surface area contributed by atoms with Crippen molar-refractivity contribution in [1.29, 1.82) is 0 Å². The van der Waals surface area contributed by atoms with E-state index >= 15 is 0 Å². The van der Waals surface area contributed by atoms with Crippen molar-refractivity contribution < 1.29 is 8.42 Å². The van der Waals surface area contributed by atoms with Crippen molar-refractivity contribution in [3.05, 3.63) is 78.6 Å². The quantitative estimate of drug-likeness (QED) is 0.759. The van der Waals surface area contributed by atoms with Gasteiger partial charge in [-0.3, -0.25) is 4.98 Å². The molecule has 2 atom stereocenters. The summed E-state index contributed by atoms with van der Waals surface area (Å²) in [6.45, 7) is 9.62. The Bertz CT molecular complexity index is 888. The van der Waals surface area contributed by atoms with Crippen LogP contribution in [-0.2, 0) is 10.0 Å². The van der Waals surface area contributed by atoms with E-state index in [0.29, 0.717) is 4.90 Å². The summed E-state index contributed by atoms with van der Waals surface area (Å²) in [5.41, 5.74) is 2.82. The van der Waals surface area contributed by atoms with Gasteiger partial charge < -0.3 is 0 Å². The first-order valence-electron chi connectivity index (χ1n) is 8.28. The van der Waals surface area contributed by atoms with Crippen LogP contribution >= 0.6 is 0 Å². The van der Waals surface area contributed by atoms with Gasteiger partial charge in [-0.1, -0.05) is 36.4 Å². The molecule has 0 saturated carbocycles. The van der Waals surface area contributed by atoms with Crippen LogP contribution in [-0.4, -0.2) is 23.7 Å². The van der Waals surface area contributed by atoms with Crippen molar-refractivity contribution in [2.24, 2.45) is 0 Å². The number of sulfonamides is 1. The first kappa shape index (κ1) is 17.6. The Hall–Kier alpha value is -2.24. The fourth-order valence-corrected chi connectivity index (χ4v) is 5.21. The van der Waals surface area contributed by atoms with Crippen LogP contribution in [0.15, 0.2) is 66.9 Å². The third-order valence-corrected chi connectivity index (χ3v) is 6.65. The fourth-order valence-electron chi connectivity index (χ4n) is 3.39. The van der Waals surface area contributed by atoms with Crippen molar-refractivity contribution in [1.82, 2.24) is 9.29 Å². The Morgan fingerprint density at radius 1 is 1.16 bits per heavy atom. The molecule has 2 aromatic rings. The van der Waals surface area contributed by atoms with Crippen LogP contribution in [0, 0.1) is 6.92 Å². The van der Waals surface area contributed by atoms with E-state index in [0.717, 1.165) is 29.5 Å². The summed E-state index contributed by atoms with van der Waals surface area (Å²) in [5, 5.41) is 0. The average Bonchev–Trinajstić information content (AvgIpc) is 3.06. The average molecular weight is 354 g/mol. The van der Waals surface area contributed by atoms with E-state index in [1.165, 1.54) is 0 Å². The molecule has 0 aliphatic carbocycles. The van der Waals surface area contributed by atoms with Gasteiger partial charge in [-0.05, 0) is 49.1 Å². The number of hydrogen-bond acceptors (Lipinski definition) is 3. The molecule has 0 amide bonds. The molecular weight excluding hydrogens is 332 g/mol. The maximum Gasteiger partial charge on any atom is 0.244 e. The highest BCUT2D eigenvalue weighted by atomic mass is 32.2. The van der Waals surface area contributed by atoms with Crippen LogP contribution in [0.4, 0.5) is 0 Å². The minimum Gasteiger partial charge on any atom is -0.264 e. The SMILES string of the molecule is C=Cc1ccncc1[C@H]1CC[C@@H](C=C)N1S(=O)(=O)c1ccc(C)cc1. The molecule has 0 unspecified atom stereocenters. The van der Waals surface area contributed by atoms with Gasteiger partial charge in [-0.15, -0.1) is 6.58 Å². The van der Waals surface area contributed by atoms with Crippen molar-refractivity contribution in [2.45, 2.75) is 36.7 Å². The summed E-state index contributed by atoms with van der Waals surface area (Å²) in [6.07, 6.45) is 8.37. The molecular formula is C20H22N2O2S. The minimum atomic E-state index is -3.64. The molecule has 130 valence electrons. The smallest absolute Gasteiger partial charge is 0.244 e. The van der Waals surface area contributed by atoms with Gasteiger partial charge in [-0.25, -0.2) is 8.42 Å². The number of nitrogens with zero attached hydrogens (tertiary/aromatic N) is 2. The summed E-state index contributed by atoms with van der Waals surface area (Å²) in [4.78, 5) is 4.50. The lowest BCUT2D eigenvalue weighted by Gasteiger charge is -2.29. The molecule has 0 radical (unpaired) electrons. The third kappa shape index (κ3) is 3.17. The van der Waals surface area contributed by atoms with Gasteiger partial charge in [0.1, 0.15) is 0 Å². The zero-order chi connectivity index (χ0) is 18.0. The van der Waals surface area contributed by atoms with Gasteiger partial charge in [-0.2, -0.15) is 4.31 Å². The molecule has 1 aliphatic rings. The van der Waals surface area contributed by atoms with Crippen LogP contribution in [0.5, 0.6) is 0 Å². The van der Waals surface area contributed by atoms with E-state index in [9.17, 15) is 8.42 Å². The maximum absolute atomic E-state index is 13.3. The number of rotatable bonds is 5. The normalized spacial score (nSPS) is 21.2. The molecule has 1 aromatic heterocycles. The van der Waals surface area contributed by atoms with E-state index in [4.69, 9.17) is 0 Å². The predicted octanol–water partition coefficient (Wildman–Crippen LogP) is 4.11. The topological polar surface area (TPSA) is 50.3 Å². The van der Waals surface area contributed by atoms with E-state index in [2.05, 4.69) is 18.1 Å². The highest BCUT2D eigenvalue weighted by molar-refractivity contribution is 7.89. The number of aromatic nitrogens is 1. The molecule has 3 rings (SSSR count). The monoisotopic (exact) mass is 354 g/mol. The Morgan fingerprint density at radius 2 is 1.88 bits per heavy atom. The highest BCUT2D eigenvalue weighted by Crippen LogP contribution is 2.41. The Kier molecular flexibility index (Phi) is 4.88. The summed E-state index contributed by atoms with van der Waals surface area (Å²) in [6, 6.07) is 8.33. The number of pyridine rings is 1. The van der Waals surface area contributed by atoms with Crippen LogP contribution in [0.2, 0.25) is 0 Å². The molecule has 1 aliphatic heterocycles. The largest absolute Gasteiger partial charge is 0.264 e. The maximum atomic E-state index is 13.3. The molecule has 5 heteroatoms. The van der Waals surface area contributed by atoms with E-state index in [1.54, 1.807) is 41.0 Å². The molecule has 2 heterocycles. The Morgan fingerprint density at radius 3 is 2.52 bits per heavy atom. The molecule has 0 bridgehead atoms. The van der Waals surface area contributed by atoms with Gasteiger partial charge in [0.2, 0.25) is 10.0 Å². The van der Waals surface area contributed by atoms with Crippen LogP contribution in [0.25, 0.3) is 6.08 Å². The number of hydrogen-bond donors (Lipinski definition) is 0. The van der Waals surface area contributed by atoms with Crippen molar-refractivity contribution in [3.63, 3.8) is 0 Å². The summed E-state index contributed by atoms with van der Waals surface area (Å²) >= 11 is 0. The lowest BCUT2D eigenvalue weighted by atomic mass is 10.0. The second-order valence-electron chi connectivity index (χ2n) is 6.25. The lowest BCUT2D eigenvalue weighted by molar-refractivity contribution is 0.358. The van der Waals surface area contributed by atoms with E-state index in [1.807, 2.05) is 25.1 Å². The molecule has 1 fully saturated rings. The van der Waals surface area contributed by atoms with Crippen LogP contribution < -0.4 is 0 Å². The summed E-state index contributed by atoms with van der Waals surface area (Å²) in [5.74, 6) is 0. The molecule has 0 spiro atoms. The summed E-state index contributed by atoms with van der Waals surface area (Å²) < 4.78 is 28.2. The lowest BCUT2D eigenvalue weighted by Crippen LogP contribution is -2.36. The van der Waals surface area contributed by atoms with Gasteiger partial charge in [0.05, 0.1) is 10.9 Å². The molecule has 25 heavy (non-hydrogen) atoms. The van der Waals surface area contributed by atoms with E-state index in [-0.39, 0.29) is 12.1 Å². The zero-order valence-corrected chi connectivity index (χ0v) is 15.1. The standard InChI is InChI=1S/C20H22N2O2S/c1-4-16-12-13-21-14-19(16)20-11-8-17(5-2)22(20)25(23,24)18-9-6-15(3)7-10-18/h4-7,9-10,12-14,17,20H,1-2,8,11H2,3H3/t17-,20-/m1/s1. The molecule has 0 N–H and O–H groups in total. The highest BCUT2D eigenvalue weighted by Gasteiger charge is 2.42. The second-order valence-corrected chi connectivity index (χ2v) is 8.10. The van der Waals surface area contributed by atoms with Gasteiger partial charge in [0, 0.05) is 18.4 Å².